The zero-order chi connectivity index (χ0) is 11.2. The molecule has 0 spiro atoms. The van der Waals surface area contributed by atoms with Crippen molar-refractivity contribution in [3.8, 4) is 0 Å². The summed E-state index contributed by atoms with van der Waals surface area (Å²) < 4.78 is 5.39. The Labute approximate surface area is 101 Å². The van der Waals surface area contributed by atoms with Gasteiger partial charge < -0.3 is 15.4 Å². The molecule has 88 valence electrons. The van der Waals surface area contributed by atoms with Crippen molar-refractivity contribution in [2.24, 2.45) is 0 Å². The minimum Gasteiger partial charge on any atom is -0.385 e. The van der Waals surface area contributed by atoms with Crippen LogP contribution >= 0.6 is 11.6 Å². The predicted octanol–water partition coefficient (Wildman–Crippen LogP) is 2.13. The molecule has 3 nitrogen and oxygen atoms in total. The Morgan fingerprint density at radius 3 is 2.88 bits per heavy atom. The van der Waals surface area contributed by atoms with Gasteiger partial charge in [0.05, 0.1) is 13.2 Å². The average Bonchev–Trinajstić information content (AvgIpc) is 2.33. The fraction of sp³-hybridized carbons (Fsp3) is 0.500. The van der Waals surface area contributed by atoms with E-state index in [0.29, 0.717) is 6.04 Å². The van der Waals surface area contributed by atoms with Gasteiger partial charge in [-0.15, -0.1) is 0 Å². The summed E-state index contributed by atoms with van der Waals surface area (Å²) in [6.07, 6.45) is 1.07. The largest absolute Gasteiger partial charge is 0.385 e. The van der Waals surface area contributed by atoms with Gasteiger partial charge in [0, 0.05) is 29.8 Å². The third-order valence-corrected chi connectivity index (χ3v) is 2.92. The molecule has 1 heterocycles. The fourth-order valence-corrected chi connectivity index (χ4v) is 1.89. The third kappa shape index (κ3) is 3.67. The van der Waals surface area contributed by atoms with Crippen molar-refractivity contribution in [2.45, 2.75) is 12.5 Å². The van der Waals surface area contributed by atoms with Crippen molar-refractivity contribution in [3.05, 3.63) is 29.3 Å². The van der Waals surface area contributed by atoms with E-state index in [4.69, 9.17) is 16.3 Å². The number of hydrogen-bond donors (Lipinski definition) is 2. The number of rotatable bonds is 4. The molecule has 0 aliphatic carbocycles. The van der Waals surface area contributed by atoms with Crippen LogP contribution < -0.4 is 10.6 Å². The number of hydrogen-bond acceptors (Lipinski definition) is 3. The quantitative estimate of drug-likeness (QED) is 0.846. The SMILES string of the molecule is Clc1ccc(NCCC2COCCN2)cc1. The molecule has 1 aromatic rings. The zero-order valence-corrected chi connectivity index (χ0v) is 9.96. The molecule has 1 fully saturated rings. The van der Waals surface area contributed by atoms with Crippen molar-refractivity contribution in [1.82, 2.24) is 5.32 Å². The number of morpholine rings is 1. The average molecular weight is 241 g/mol. The van der Waals surface area contributed by atoms with E-state index < -0.39 is 0 Å². The second kappa shape index (κ2) is 6.09. The van der Waals surface area contributed by atoms with E-state index in [1.165, 1.54) is 0 Å². The van der Waals surface area contributed by atoms with Crippen LogP contribution in [0.1, 0.15) is 6.42 Å². The summed E-state index contributed by atoms with van der Waals surface area (Å²) in [5, 5.41) is 7.56. The smallest absolute Gasteiger partial charge is 0.0620 e. The Hall–Kier alpha value is -0.770. The Bertz CT molecular complexity index is 309. The molecule has 1 aliphatic heterocycles. The molecule has 0 bridgehead atoms. The summed E-state index contributed by atoms with van der Waals surface area (Å²) in [6.45, 7) is 3.57. The van der Waals surface area contributed by atoms with Gasteiger partial charge in [-0.05, 0) is 30.7 Å². The Morgan fingerprint density at radius 2 is 2.19 bits per heavy atom. The standard InChI is InChI=1S/C12H17ClN2O/c13-10-1-3-11(4-2-10)14-6-5-12-9-16-8-7-15-12/h1-4,12,14-15H,5-9H2. The van der Waals surface area contributed by atoms with E-state index in [1.54, 1.807) is 0 Å². The van der Waals surface area contributed by atoms with Gasteiger partial charge >= 0.3 is 0 Å². The first-order chi connectivity index (χ1) is 7.84. The van der Waals surface area contributed by atoms with Gasteiger partial charge in [-0.2, -0.15) is 0 Å². The molecular formula is C12H17ClN2O. The van der Waals surface area contributed by atoms with Gasteiger partial charge in [0.1, 0.15) is 0 Å². The lowest BCUT2D eigenvalue weighted by atomic mass is 10.2. The maximum atomic E-state index is 5.81. The topological polar surface area (TPSA) is 33.3 Å². The number of halogens is 1. The third-order valence-electron chi connectivity index (χ3n) is 2.66. The Morgan fingerprint density at radius 1 is 1.38 bits per heavy atom. The minimum atomic E-state index is 0.480. The van der Waals surface area contributed by atoms with Crippen LogP contribution in [-0.4, -0.2) is 32.3 Å². The number of benzene rings is 1. The minimum absolute atomic E-state index is 0.480. The molecule has 0 radical (unpaired) electrons. The Balaban J connectivity index is 1.69. The van der Waals surface area contributed by atoms with Crippen LogP contribution in [0.15, 0.2) is 24.3 Å². The molecule has 1 saturated heterocycles. The summed E-state index contributed by atoms with van der Waals surface area (Å²) in [7, 11) is 0. The van der Waals surface area contributed by atoms with Crippen LogP contribution in [0.25, 0.3) is 0 Å². The molecule has 0 saturated carbocycles. The summed E-state index contributed by atoms with van der Waals surface area (Å²) in [5.41, 5.74) is 1.11. The summed E-state index contributed by atoms with van der Waals surface area (Å²) in [5.74, 6) is 0. The highest BCUT2D eigenvalue weighted by atomic mass is 35.5. The molecule has 2 rings (SSSR count). The lowest BCUT2D eigenvalue weighted by Gasteiger charge is -2.23. The molecule has 16 heavy (non-hydrogen) atoms. The summed E-state index contributed by atoms with van der Waals surface area (Å²) in [6, 6.07) is 8.26. The second-order valence-electron chi connectivity index (χ2n) is 3.95. The molecule has 1 atom stereocenters. The first-order valence-corrected chi connectivity index (χ1v) is 6.03. The first kappa shape index (κ1) is 11.7. The van der Waals surface area contributed by atoms with Crippen LogP contribution in [0.2, 0.25) is 5.02 Å². The maximum Gasteiger partial charge on any atom is 0.0620 e. The molecule has 2 N–H and O–H groups in total. The highest BCUT2D eigenvalue weighted by Gasteiger charge is 2.11. The van der Waals surface area contributed by atoms with Gasteiger partial charge in [-0.3, -0.25) is 0 Å². The van der Waals surface area contributed by atoms with Gasteiger partial charge in [0.25, 0.3) is 0 Å². The van der Waals surface area contributed by atoms with E-state index in [0.717, 1.165) is 43.4 Å². The number of ether oxygens (including phenoxy) is 1. The van der Waals surface area contributed by atoms with E-state index in [9.17, 15) is 0 Å². The van der Waals surface area contributed by atoms with Gasteiger partial charge in [-0.25, -0.2) is 0 Å². The van der Waals surface area contributed by atoms with Crippen LogP contribution in [0, 0.1) is 0 Å². The fourth-order valence-electron chi connectivity index (χ4n) is 1.76. The van der Waals surface area contributed by atoms with E-state index in [-0.39, 0.29) is 0 Å². The zero-order valence-electron chi connectivity index (χ0n) is 9.21. The van der Waals surface area contributed by atoms with Crippen LogP contribution in [0.4, 0.5) is 5.69 Å². The molecule has 1 aliphatic rings. The van der Waals surface area contributed by atoms with Crippen LogP contribution in [-0.2, 0) is 4.74 Å². The van der Waals surface area contributed by atoms with Gasteiger partial charge in [-0.1, -0.05) is 11.6 Å². The van der Waals surface area contributed by atoms with E-state index >= 15 is 0 Å². The monoisotopic (exact) mass is 240 g/mol. The van der Waals surface area contributed by atoms with Crippen LogP contribution in [0.3, 0.4) is 0 Å². The van der Waals surface area contributed by atoms with E-state index in [1.807, 2.05) is 24.3 Å². The van der Waals surface area contributed by atoms with Crippen molar-refractivity contribution >= 4 is 17.3 Å². The normalized spacial score (nSPS) is 20.7. The highest BCUT2D eigenvalue weighted by Crippen LogP contribution is 2.13. The maximum absolute atomic E-state index is 5.81. The molecule has 1 aromatic carbocycles. The van der Waals surface area contributed by atoms with Crippen LogP contribution in [0.5, 0.6) is 0 Å². The van der Waals surface area contributed by atoms with Crippen molar-refractivity contribution < 1.29 is 4.74 Å². The van der Waals surface area contributed by atoms with Crippen molar-refractivity contribution in [3.63, 3.8) is 0 Å². The summed E-state index contributed by atoms with van der Waals surface area (Å²) >= 11 is 5.81. The number of nitrogens with one attached hydrogen (secondary N) is 2. The van der Waals surface area contributed by atoms with Crippen molar-refractivity contribution in [1.29, 1.82) is 0 Å². The lowest BCUT2D eigenvalue weighted by Crippen LogP contribution is -2.42. The summed E-state index contributed by atoms with van der Waals surface area (Å²) in [4.78, 5) is 0. The molecule has 0 aromatic heterocycles. The van der Waals surface area contributed by atoms with Crippen molar-refractivity contribution in [2.75, 3.05) is 31.6 Å². The van der Waals surface area contributed by atoms with E-state index in [2.05, 4.69) is 10.6 Å². The van der Waals surface area contributed by atoms with Gasteiger partial charge in [0.15, 0.2) is 0 Å². The number of anilines is 1. The second-order valence-corrected chi connectivity index (χ2v) is 4.38. The Kier molecular flexibility index (Phi) is 4.45. The molecule has 1 unspecified atom stereocenters. The molecular weight excluding hydrogens is 224 g/mol. The lowest BCUT2D eigenvalue weighted by molar-refractivity contribution is 0.0753. The first-order valence-electron chi connectivity index (χ1n) is 5.65. The van der Waals surface area contributed by atoms with Gasteiger partial charge in [0.2, 0.25) is 0 Å². The highest BCUT2D eigenvalue weighted by molar-refractivity contribution is 6.30. The predicted molar refractivity (Wildman–Crippen MR) is 67.2 cm³/mol. The molecule has 0 amide bonds. The molecule has 4 heteroatoms.